The Kier molecular flexibility index (Phi) is 5.12. The van der Waals surface area contributed by atoms with Gasteiger partial charge in [-0.05, 0) is 50.2 Å². The SMILES string of the molecule is CCOc1ccc(-c2nc(N)cc(Nc3cccc(C(C)=O)c3)n2)cc1. The predicted octanol–water partition coefficient (Wildman–Crippen LogP) is 4.07. The molecule has 0 saturated heterocycles. The zero-order valence-electron chi connectivity index (χ0n) is 14.7. The minimum absolute atomic E-state index is 0.00549. The summed E-state index contributed by atoms with van der Waals surface area (Å²) in [5, 5.41) is 3.17. The molecular weight excluding hydrogens is 328 g/mol. The first-order valence-electron chi connectivity index (χ1n) is 8.31. The monoisotopic (exact) mass is 348 g/mol. The summed E-state index contributed by atoms with van der Waals surface area (Å²) in [7, 11) is 0. The van der Waals surface area contributed by atoms with E-state index in [0.717, 1.165) is 17.0 Å². The van der Waals surface area contributed by atoms with E-state index in [0.29, 0.717) is 29.6 Å². The van der Waals surface area contributed by atoms with E-state index in [2.05, 4.69) is 15.3 Å². The van der Waals surface area contributed by atoms with Crippen molar-refractivity contribution in [3.05, 3.63) is 60.2 Å². The second-order valence-corrected chi connectivity index (χ2v) is 5.72. The van der Waals surface area contributed by atoms with E-state index in [9.17, 15) is 4.79 Å². The Morgan fingerprint density at radius 3 is 2.58 bits per heavy atom. The molecule has 0 atom stereocenters. The number of nitrogens with two attached hydrogens (primary N) is 1. The molecule has 26 heavy (non-hydrogen) atoms. The van der Waals surface area contributed by atoms with Crippen molar-refractivity contribution in [3.8, 4) is 17.1 Å². The van der Waals surface area contributed by atoms with Crippen molar-refractivity contribution >= 4 is 23.1 Å². The van der Waals surface area contributed by atoms with Crippen molar-refractivity contribution in [1.82, 2.24) is 9.97 Å². The topological polar surface area (TPSA) is 90.1 Å². The zero-order chi connectivity index (χ0) is 18.5. The Balaban J connectivity index is 1.88. The maximum atomic E-state index is 11.5. The number of rotatable bonds is 6. The molecule has 2 aromatic carbocycles. The van der Waals surface area contributed by atoms with Crippen LogP contribution in [0.1, 0.15) is 24.2 Å². The number of hydrogen-bond acceptors (Lipinski definition) is 6. The normalized spacial score (nSPS) is 10.4. The summed E-state index contributed by atoms with van der Waals surface area (Å²) in [4.78, 5) is 20.4. The minimum Gasteiger partial charge on any atom is -0.494 e. The van der Waals surface area contributed by atoms with Crippen LogP contribution in [-0.2, 0) is 0 Å². The van der Waals surface area contributed by atoms with Crippen LogP contribution in [0.4, 0.5) is 17.3 Å². The molecule has 3 aromatic rings. The molecule has 0 amide bonds. The molecular formula is C20H20N4O2. The molecule has 0 saturated carbocycles. The molecule has 1 heterocycles. The number of ether oxygens (including phenoxy) is 1. The molecule has 0 aliphatic carbocycles. The molecule has 3 rings (SSSR count). The van der Waals surface area contributed by atoms with Gasteiger partial charge in [0, 0.05) is 22.9 Å². The van der Waals surface area contributed by atoms with Gasteiger partial charge in [0.2, 0.25) is 0 Å². The van der Waals surface area contributed by atoms with Gasteiger partial charge in [-0.2, -0.15) is 0 Å². The summed E-state index contributed by atoms with van der Waals surface area (Å²) in [6.45, 7) is 4.08. The second kappa shape index (κ2) is 7.65. The standard InChI is InChI=1S/C20H20N4O2/c1-3-26-17-9-7-14(8-10-17)20-23-18(21)12-19(24-20)22-16-6-4-5-15(11-16)13(2)25/h4-12H,3H2,1-2H3,(H3,21,22,23,24). The first-order chi connectivity index (χ1) is 12.5. The number of nitrogen functional groups attached to an aromatic ring is 1. The van der Waals surface area contributed by atoms with Crippen molar-refractivity contribution in [2.75, 3.05) is 17.7 Å². The molecule has 0 aliphatic heterocycles. The van der Waals surface area contributed by atoms with Crippen LogP contribution in [0.2, 0.25) is 0 Å². The van der Waals surface area contributed by atoms with Gasteiger partial charge in [-0.1, -0.05) is 12.1 Å². The highest BCUT2D eigenvalue weighted by Gasteiger charge is 2.07. The fourth-order valence-corrected chi connectivity index (χ4v) is 2.49. The van der Waals surface area contributed by atoms with Crippen LogP contribution in [0, 0.1) is 0 Å². The summed E-state index contributed by atoms with van der Waals surface area (Å²) >= 11 is 0. The average Bonchev–Trinajstić information content (AvgIpc) is 2.62. The Labute approximate surface area is 152 Å². The third kappa shape index (κ3) is 4.16. The minimum atomic E-state index is 0.00549. The van der Waals surface area contributed by atoms with E-state index in [4.69, 9.17) is 10.5 Å². The molecule has 0 radical (unpaired) electrons. The van der Waals surface area contributed by atoms with Crippen LogP contribution in [-0.4, -0.2) is 22.4 Å². The second-order valence-electron chi connectivity index (χ2n) is 5.72. The predicted molar refractivity (Wildman–Crippen MR) is 103 cm³/mol. The average molecular weight is 348 g/mol. The smallest absolute Gasteiger partial charge is 0.163 e. The third-order valence-electron chi connectivity index (χ3n) is 3.71. The van der Waals surface area contributed by atoms with Crippen molar-refractivity contribution in [2.45, 2.75) is 13.8 Å². The number of anilines is 3. The molecule has 0 aliphatic rings. The molecule has 0 unspecified atom stereocenters. The number of Topliss-reactive ketones (excluding diaryl/α,β-unsaturated/α-hetero) is 1. The largest absolute Gasteiger partial charge is 0.494 e. The van der Waals surface area contributed by atoms with Gasteiger partial charge in [-0.3, -0.25) is 4.79 Å². The number of nitrogens with zero attached hydrogens (tertiary/aromatic N) is 2. The van der Waals surface area contributed by atoms with Gasteiger partial charge in [0.05, 0.1) is 6.61 Å². The van der Waals surface area contributed by atoms with Gasteiger partial charge in [0.15, 0.2) is 11.6 Å². The molecule has 3 N–H and O–H groups in total. The number of benzene rings is 2. The number of hydrogen-bond donors (Lipinski definition) is 2. The van der Waals surface area contributed by atoms with E-state index < -0.39 is 0 Å². The highest BCUT2D eigenvalue weighted by Crippen LogP contribution is 2.24. The summed E-state index contributed by atoms with van der Waals surface area (Å²) in [5.74, 6) is 2.22. The number of carbonyl (C=O) groups excluding carboxylic acids is 1. The lowest BCUT2D eigenvalue weighted by atomic mass is 10.1. The quantitative estimate of drug-likeness (QED) is 0.653. The first-order valence-corrected chi connectivity index (χ1v) is 8.31. The Morgan fingerprint density at radius 2 is 1.88 bits per heavy atom. The Bertz CT molecular complexity index is 923. The summed E-state index contributed by atoms with van der Waals surface area (Å²) < 4.78 is 5.45. The van der Waals surface area contributed by atoms with Crippen LogP contribution in [0.3, 0.4) is 0 Å². The molecule has 0 fully saturated rings. The molecule has 132 valence electrons. The molecule has 6 heteroatoms. The fourth-order valence-electron chi connectivity index (χ4n) is 2.49. The highest BCUT2D eigenvalue weighted by molar-refractivity contribution is 5.95. The number of aromatic nitrogens is 2. The van der Waals surface area contributed by atoms with Gasteiger partial charge in [-0.25, -0.2) is 9.97 Å². The lowest BCUT2D eigenvalue weighted by molar-refractivity contribution is 0.101. The summed E-state index contributed by atoms with van der Waals surface area (Å²) in [6.07, 6.45) is 0. The van der Waals surface area contributed by atoms with Crippen LogP contribution in [0.15, 0.2) is 54.6 Å². The number of ketones is 1. The lowest BCUT2D eigenvalue weighted by Crippen LogP contribution is -2.02. The maximum Gasteiger partial charge on any atom is 0.163 e. The number of nitrogens with one attached hydrogen (secondary N) is 1. The maximum absolute atomic E-state index is 11.5. The van der Waals surface area contributed by atoms with Crippen LogP contribution in [0.25, 0.3) is 11.4 Å². The van der Waals surface area contributed by atoms with E-state index in [-0.39, 0.29) is 5.78 Å². The van der Waals surface area contributed by atoms with Crippen LogP contribution < -0.4 is 15.8 Å². The summed E-state index contributed by atoms with van der Waals surface area (Å²) in [5.41, 5.74) is 8.16. The van der Waals surface area contributed by atoms with Gasteiger partial charge in [-0.15, -0.1) is 0 Å². The molecule has 0 spiro atoms. The van der Waals surface area contributed by atoms with Crippen LogP contribution in [0.5, 0.6) is 5.75 Å². The van der Waals surface area contributed by atoms with E-state index >= 15 is 0 Å². The van der Waals surface area contributed by atoms with Gasteiger partial charge < -0.3 is 15.8 Å². The first kappa shape index (κ1) is 17.4. The molecule has 6 nitrogen and oxygen atoms in total. The zero-order valence-corrected chi connectivity index (χ0v) is 14.7. The lowest BCUT2D eigenvalue weighted by Gasteiger charge is -2.10. The Hall–Kier alpha value is -3.41. The van der Waals surface area contributed by atoms with E-state index in [1.807, 2.05) is 43.3 Å². The van der Waals surface area contributed by atoms with Gasteiger partial charge in [0.1, 0.15) is 17.4 Å². The fraction of sp³-hybridized carbons (Fsp3) is 0.150. The number of carbonyl (C=O) groups is 1. The van der Waals surface area contributed by atoms with Gasteiger partial charge in [0.25, 0.3) is 0 Å². The molecule has 1 aromatic heterocycles. The molecule has 0 bridgehead atoms. The van der Waals surface area contributed by atoms with Crippen LogP contribution >= 0.6 is 0 Å². The Morgan fingerprint density at radius 1 is 1.12 bits per heavy atom. The summed E-state index contributed by atoms with van der Waals surface area (Å²) in [6, 6.07) is 16.4. The third-order valence-corrected chi connectivity index (χ3v) is 3.71. The van der Waals surface area contributed by atoms with Crippen molar-refractivity contribution < 1.29 is 9.53 Å². The van der Waals surface area contributed by atoms with Crippen molar-refractivity contribution in [3.63, 3.8) is 0 Å². The van der Waals surface area contributed by atoms with Gasteiger partial charge >= 0.3 is 0 Å². The van der Waals surface area contributed by atoms with Crippen molar-refractivity contribution in [2.24, 2.45) is 0 Å². The highest BCUT2D eigenvalue weighted by atomic mass is 16.5. The van der Waals surface area contributed by atoms with Crippen molar-refractivity contribution in [1.29, 1.82) is 0 Å². The van der Waals surface area contributed by atoms with E-state index in [1.54, 1.807) is 18.2 Å². The van der Waals surface area contributed by atoms with E-state index in [1.165, 1.54) is 6.92 Å².